The Labute approximate surface area is 96.9 Å². The molecular weight excluding hydrogens is 198 g/mol. The third-order valence-electron chi connectivity index (χ3n) is 3.92. The SMILES string of the molecule is CC(C)c1ccnc(N2C[C@H]3CC[C@@H]2C3)n1. The van der Waals surface area contributed by atoms with Gasteiger partial charge < -0.3 is 4.90 Å². The molecule has 1 aromatic heterocycles. The van der Waals surface area contributed by atoms with Gasteiger partial charge in [-0.25, -0.2) is 9.97 Å². The van der Waals surface area contributed by atoms with Gasteiger partial charge in [0.15, 0.2) is 0 Å². The molecule has 2 fully saturated rings. The predicted octanol–water partition coefficient (Wildman–Crippen LogP) is 2.59. The molecule has 1 aliphatic heterocycles. The molecule has 0 radical (unpaired) electrons. The van der Waals surface area contributed by atoms with Crippen molar-refractivity contribution < 1.29 is 0 Å². The van der Waals surface area contributed by atoms with E-state index in [2.05, 4.69) is 28.7 Å². The zero-order valence-electron chi connectivity index (χ0n) is 10.1. The zero-order chi connectivity index (χ0) is 11.1. The second kappa shape index (κ2) is 3.72. The second-order valence-electron chi connectivity index (χ2n) is 5.42. The summed E-state index contributed by atoms with van der Waals surface area (Å²) in [6.45, 7) is 5.54. The number of rotatable bonds is 2. The zero-order valence-corrected chi connectivity index (χ0v) is 10.1. The first-order chi connectivity index (χ1) is 7.74. The molecular formula is C13H19N3. The Balaban J connectivity index is 1.86. The van der Waals surface area contributed by atoms with Crippen LogP contribution < -0.4 is 4.90 Å². The fourth-order valence-corrected chi connectivity index (χ4v) is 2.99. The number of hydrogen-bond acceptors (Lipinski definition) is 3. The quantitative estimate of drug-likeness (QED) is 0.762. The molecule has 2 aliphatic rings. The molecule has 2 heterocycles. The molecule has 2 bridgehead atoms. The summed E-state index contributed by atoms with van der Waals surface area (Å²) in [5.41, 5.74) is 1.16. The van der Waals surface area contributed by atoms with Gasteiger partial charge in [0.25, 0.3) is 0 Å². The third kappa shape index (κ3) is 1.58. The van der Waals surface area contributed by atoms with E-state index in [1.165, 1.54) is 25.8 Å². The highest BCUT2D eigenvalue weighted by atomic mass is 15.3. The molecule has 1 saturated carbocycles. The molecule has 1 aromatic rings. The minimum atomic E-state index is 0.488. The molecule has 3 nitrogen and oxygen atoms in total. The Morgan fingerprint density at radius 2 is 2.25 bits per heavy atom. The summed E-state index contributed by atoms with van der Waals surface area (Å²) < 4.78 is 0. The number of hydrogen-bond donors (Lipinski definition) is 0. The number of nitrogens with zero attached hydrogens (tertiary/aromatic N) is 3. The summed E-state index contributed by atoms with van der Waals surface area (Å²) in [6.07, 6.45) is 6.00. The number of aromatic nitrogens is 2. The molecule has 1 saturated heterocycles. The summed E-state index contributed by atoms with van der Waals surface area (Å²) in [4.78, 5) is 11.5. The van der Waals surface area contributed by atoms with E-state index in [0.717, 1.165) is 17.6 Å². The highest BCUT2D eigenvalue weighted by Crippen LogP contribution is 2.38. The van der Waals surface area contributed by atoms with Gasteiger partial charge in [0, 0.05) is 24.5 Å². The van der Waals surface area contributed by atoms with E-state index in [0.29, 0.717) is 12.0 Å². The fraction of sp³-hybridized carbons (Fsp3) is 0.692. The maximum absolute atomic E-state index is 4.69. The van der Waals surface area contributed by atoms with Gasteiger partial charge in [-0.2, -0.15) is 0 Å². The summed E-state index contributed by atoms with van der Waals surface area (Å²) >= 11 is 0. The molecule has 0 amide bonds. The van der Waals surface area contributed by atoms with E-state index >= 15 is 0 Å². The summed E-state index contributed by atoms with van der Waals surface area (Å²) in [7, 11) is 0. The van der Waals surface area contributed by atoms with Gasteiger partial charge >= 0.3 is 0 Å². The Bertz CT molecular complexity index is 389. The molecule has 3 heteroatoms. The molecule has 86 valence electrons. The van der Waals surface area contributed by atoms with Crippen LogP contribution >= 0.6 is 0 Å². The Morgan fingerprint density at radius 1 is 1.38 bits per heavy atom. The van der Waals surface area contributed by atoms with E-state index in [9.17, 15) is 0 Å². The van der Waals surface area contributed by atoms with Gasteiger partial charge in [0.05, 0.1) is 0 Å². The Kier molecular flexibility index (Phi) is 2.34. The van der Waals surface area contributed by atoms with E-state index in [1.54, 1.807) is 0 Å². The normalized spacial score (nSPS) is 28.1. The summed E-state index contributed by atoms with van der Waals surface area (Å²) in [5, 5.41) is 0. The minimum Gasteiger partial charge on any atom is -0.338 e. The van der Waals surface area contributed by atoms with Crippen LogP contribution in [0.25, 0.3) is 0 Å². The topological polar surface area (TPSA) is 29.0 Å². The smallest absolute Gasteiger partial charge is 0.225 e. The summed E-state index contributed by atoms with van der Waals surface area (Å²) in [5.74, 6) is 2.34. The van der Waals surface area contributed by atoms with Crippen LogP contribution in [0, 0.1) is 5.92 Å². The minimum absolute atomic E-state index is 0.488. The third-order valence-corrected chi connectivity index (χ3v) is 3.92. The average Bonchev–Trinajstić information content (AvgIpc) is 2.91. The van der Waals surface area contributed by atoms with Gasteiger partial charge in [-0.3, -0.25) is 0 Å². The van der Waals surface area contributed by atoms with Gasteiger partial charge in [-0.15, -0.1) is 0 Å². The van der Waals surface area contributed by atoms with Crippen molar-refractivity contribution >= 4 is 5.95 Å². The van der Waals surface area contributed by atoms with Gasteiger partial charge in [-0.05, 0) is 37.2 Å². The molecule has 0 aromatic carbocycles. The molecule has 1 aliphatic carbocycles. The van der Waals surface area contributed by atoms with Crippen molar-refractivity contribution in [1.29, 1.82) is 0 Å². The first-order valence-corrected chi connectivity index (χ1v) is 6.33. The van der Waals surface area contributed by atoms with Crippen molar-refractivity contribution in [2.75, 3.05) is 11.4 Å². The van der Waals surface area contributed by atoms with Crippen LogP contribution in [-0.4, -0.2) is 22.6 Å². The highest BCUT2D eigenvalue weighted by Gasteiger charge is 2.38. The molecule has 2 atom stereocenters. The van der Waals surface area contributed by atoms with Gasteiger partial charge in [0.2, 0.25) is 5.95 Å². The van der Waals surface area contributed by atoms with Crippen LogP contribution in [-0.2, 0) is 0 Å². The first-order valence-electron chi connectivity index (χ1n) is 6.33. The van der Waals surface area contributed by atoms with Crippen LogP contribution in [0.15, 0.2) is 12.3 Å². The number of piperidine rings is 1. The Hall–Kier alpha value is -1.12. The van der Waals surface area contributed by atoms with E-state index < -0.39 is 0 Å². The molecule has 0 N–H and O–H groups in total. The molecule has 0 spiro atoms. The van der Waals surface area contributed by atoms with E-state index in [-0.39, 0.29) is 0 Å². The van der Waals surface area contributed by atoms with Crippen LogP contribution in [0.1, 0.15) is 44.7 Å². The van der Waals surface area contributed by atoms with Crippen LogP contribution in [0.4, 0.5) is 5.95 Å². The lowest BCUT2D eigenvalue weighted by molar-refractivity contribution is 0.545. The van der Waals surface area contributed by atoms with Crippen molar-refractivity contribution in [3.8, 4) is 0 Å². The standard InChI is InChI=1S/C13H19N3/c1-9(2)12-5-6-14-13(15-12)16-8-10-3-4-11(16)7-10/h5-6,9-11H,3-4,7-8H2,1-2H3/t10-,11+/m0/s1. The maximum atomic E-state index is 4.69. The van der Waals surface area contributed by atoms with Crippen LogP contribution in [0.5, 0.6) is 0 Å². The van der Waals surface area contributed by atoms with Gasteiger partial charge in [-0.1, -0.05) is 13.8 Å². The molecule has 0 unspecified atom stereocenters. The maximum Gasteiger partial charge on any atom is 0.225 e. The van der Waals surface area contributed by atoms with Crippen molar-refractivity contribution in [2.24, 2.45) is 5.92 Å². The number of fused-ring (bicyclic) bond motifs is 2. The lowest BCUT2D eigenvalue weighted by Crippen LogP contribution is -2.33. The van der Waals surface area contributed by atoms with Crippen molar-refractivity contribution in [3.63, 3.8) is 0 Å². The second-order valence-corrected chi connectivity index (χ2v) is 5.42. The van der Waals surface area contributed by atoms with Crippen LogP contribution in [0.3, 0.4) is 0 Å². The molecule has 3 rings (SSSR count). The van der Waals surface area contributed by atoms with E-state index in [4.69, 9.17) is 0 Å². The predicted molar refractivity (Wildman–Crippen MR) is 64.6 cm³/mol. The lowest BCUT2D eigenvalue weighted by Gasteiger charge is -2.27. The highest BCUT2D eigenvalue weighted by molar-refractivity contribution is 5.36. The largest absolute Gasteiger partial charge is 0.338 e. The van der Waals surface area contributed by atoms with Crippen molar-refractivity contribution in [1.82, 2.24) is 9.97 Å². The van der Waals surface area contributed by atoms with Gasteiger partial charge in [0.1, 0.15) is 0 Å². The average molecular weight is 217 g/mol. The first kappa shape index (κ1) is 10.1. The molecule has 16 heavy (non-hydrogen) atoms. The van der Waals surface area contributed by atoms with E-state index in [1.807, 2.05) is 12.3 Å². The van der Waals surface area contributed by atoms with Crippen molar-refractivity contribution in [2.45, 2.75) is 45.1 Å². The Morgan fingerprint density at radius 3 is 2.88 bits per heavy atom. The number of anilines is 1. The summed E-state index contributed by atoms with van der Waals surface area (Å²) in [6, 6.07) is 2.75. The monoisotopic (exact) mass is 217 g/mol. The lowest BCUT2D eigenvalue weighted by atomic mass is 10.1. The van der Waals surface area contributed by atoms with Crippen LogP contribution in [0.2, 0.25) is 0 Å². The fourth-order valence-electron chi connectivity index (χ4n) is 2.99. The van der Waals surface area contributed by atoms with Crippen molar-refractivity contribution in [3.05, 3.63) is 18.0 Å².